The summed E-state index contributed by atoms with van der Waals surface area (Å²) in [5.74, 6) is 6.24. The van der Waals surface area contributed by atoms with Crippen LogP contribution in [0.4, 0.5) is 0 Å². The van der Waals surface area contributed by atoms with Gasteiger partial charge in [0.05, 0.1) is 15.3 Å². The molecule has 0 aliphatic rings. The van der Waals surface area contributed by atoms with Crippen LogP contribution in [0.5, 0.6) is 0 Å². The summed E-state index contributed by atoms with van der Waals surface area (Å²) >= 11 is 3.05. The van der Waals surface area contributed by atoms with E-state index in [2.05, 4.69) is 16.8 Å². The largest absolute Gasteiger partial charge is 0.350 e. The first-order valence-electron chi connectivity index (χ1n) is 8.18. The average molecular weight is 410 g/mol. The molecule has 0 atom stereocenters. The van der Waals surface area contributed by atoms with E-state index in [0.29, 0.717) is 11.1 Å². The number of aryl methyl sites for hydroxylation is 1. The van der Waals surface area contributed by atoms with Crippen molar-refractivity contribution in [3.8, 4) is 22.3 Å². The van der Waals surface area contributed by atoms with Gasteiger partial charge in [0.2, 0.25) is 9.84 Å². The quantitative estimate of drug-likeness (QED) is 0.464. The summed E-state index contributed by atoms with van der Waals surface area (Å²) in [5, 5.41) is 4.08. The van der Waals surface area contributed by atoms with Crippen molar-refractivity contribution in [1.82, 2.24) is 4.98 Å². The van der Waals surface area contributed by atoms with E-state index in [9.17, 15) is 8.42 Å². The standard InChI is InChI=1S/C21H15NO2S3/c1-15-6-10-18(11-7-15)27(23,24)21-20(19-5-3-13-26-19)16(14-22-21)8-9-17-4-2-12-25-17/h2-7,10-14,22H,1H3. The molecular formula is C21H15NO2S3. The molecule has 4 rings (SSSR count). The fraction of sp³-hybridized carbons (Fsp3) is 0.0476. The summed E-state index contributed by atoms with van der Waals surface area (Å²) in [5.41, 5.74) is 2.33. The van der Waals surface area contributed by atoms with Crippen molar-refractivity contribution in [2.45, 2.75) is 16.8 Å². The molecule has 0 fully saturated rings. The number of H-pyrrole nitrogens is 1. The number of hydrogen-bond acceptors (Lipinski definition) is 4. The van der Waals surface area contributed by atoms with Gasteiger partial charge >= 0.3 is 0 Å². The van der Waals surface area contributed by atoms with Crippen molar-refractivity contribution in [1.29, 1.82) is 0 Å². The van der Waals surface area contributed by atoms with Crippen LogP contribution in [0.15, 0.2) is 75.4 Å². The van der Waals surface area contributed by atoms with E-state index in [1.807, 2.05) is 41.9 Å². The molecule has 0 radical (unpaired) electrons. The van der Waals surface area contributed by atoms with Crippen molar-refractivity contribution in [3.63, 3.8) is 0 Å². The molecule has 27 heavy (non-hydrogen) atoms. The molecule has 3 aromatic heterocycles. The second-order valence-corrected chi connectivity index (χ2v) is 9.71. The molecule has 0 aliphatic carbocycles. The van der Waals surface area contributed by atoms with Gasteiger partial charge in [-0.3, -0.25) is 0 Å². The summed E-state index contributed by atoms with van der Waals surface area (Å²) in [4.78, 5) is 5.05. The fourth-order valence-corrected chi connectivity index (χ4v) is 5.55. The van der Waals surface area contributed by atoms with Gasteiger partial charge in [0.15, 0.2) is 0 Å². The number of thiophene rings is 2. The fourth-order valence-electron chi connectivity index (χ4n) is 2.69. The van der Waals surface area contributed by atoms with Gasteiger partial charge < -0.3 is 4.98 Å². The van der Waals surface area contributed by atoms with Crippen molar-refractivity contribution < 1.29 is 8.42 Å². The Bertz CT molecular complexity index is 1220. The minimum atomic E-state index is -3.68. The van der Waals surface area contributed by atoms with Gasteiger partial charge in [0, 0.05) is 16.6 Å². The van der Waals surface area contributed by atoms with E-state index in [0.717, 1.165) is 15.3 Å². The Kier molecular flexibility index (Phi) is 4.75. The SMILES string of the molecule is Cc1ccc(S(=O)(=O)c2[nH]cc(C#Cc3cccs3)c2-c2cccs2)cc1. The third-order valence-corrected chi connectivity index (χ3v) is 7.48. The summed E-state index contributed by atoms with van der Waals surface area (Å²) in [7, 11) is -3.68. The molecule has 4 aromatic rings. The van der Waals surface area contributed by atoms with Crippen molar-refractivity contribution in [2.24, 2.45) is 0 Å². The normalized spacial score (nSPS) is 11.1. The minimum absolute atomic E-state index is 0.185. The zero-order valence-electron chi connectivity index (χ0n) is 14.4. The van der Waals surface area contributed by atoms with Crippen LogP contribution in [0.2, 0.25) is 0 Å². The molecule has 6 heteroatoms. The maximum absolute atomic E-state index is 13.2. The van der Waals surface area contributed by atoms with Gasteiger partial charge in [-0.2, -0.15) is 0 Å². The molecule has 0 bridgehead atoms. The number of aromatic amines is 1. The highest BCUT2D eigenvalue weighted by Crippen LogP contribution is 2.36. The van der Waals surface area contributed by atoms with E-state index in [1.54, 1.807) is 41.8 Å². The molecule has 3 nitrogen and oxygen atoms in total. The second-order valence-electron chi connectivity index (χ2n) is 5.93. The average Bonchev–Trinajstić information content (AvgIpc) is 3.40. The first kappa shape index (κ1) is 17.8. The Labute approximate surface area is 166 Å². The molecule has 0 spiro atoms. The van der Waals surface area contributed by atoms with Gasteiger partial charge in [-0.15, -0.1) is 22.7 Å². The molecule has 1 N–H and O–H groups in total. The molecule has 0 aliphatic heterocycles. The number of rotatable bonds is 3. The molecular weight excluding hydrogens is 394 g/mol. The Morgan fingerprint density at radius 1 is 0.926 bits per heavy atom. The third-order valence-electron chi connectivity index (χ3n) is 4.05. The number of benzene rings is 1. The number of hydrogen-bond donors (Lipinski definition) is 1. The van der Waals surface area contributed by atoms with Crippen molar-refractivity contribution in [2.75, 3.05) is 0 Å². The van der Waals surface area contributed by atoms with Crippen LogP contribution in [0.1, 0.15) is 16.0 Å². The van der Waals surface area contributed by atoms with Crippen LogP contribution in [0.25, 0.3) is 10.4 Å². The lowest BCUT2D eigenvalue weighted by Gasteiger charge is -2.06. The second kappa shape index (κ2) is 7.20. The van der Waals surface area contributed by atoms with Gasteiger partial charge in [-0.05, 0) is 41.9 Å². The smallest absolute Gasteiger partial charge is 0.222 e. The summed E-state index contributed by atoms with van der Waals surface area (Å²) in [6, 6.07) is 14.6. The van der Waals surface area contributed by atoms with Crippen molar-refractivity contribution in [3.05, 3.63) is 81.5 Å². The van der Waals surface area contributed by atoms with Crippen LogP contribution < -0.4 is 0 Å². The monoisotopic (exact) mass is 409 g/mol. The van der Waals surface area contributed by atoms with Crippen LogP contribution in [-0.2, 0) is 9.84 Å². The lowest BCUT2D eigenvalue weighted by molar-refractivity contribution is 0.593. The third kappa shape index (κ3) is 3.50. The van der Waals surface area contributed by atoms with E-state index in [-0.39, 0.29) is 9.92 Å². The zero-order chi connectivity index (χ0) is 18.9. The van der Waals surface area contributed by atoms with Gasteiger partial charge in [-0.25, -0.2) is 8.42 Å². The molecule has 0 unspecified atom stereocenters. The van der Waals surface area contributed by atoms with Crippen LogP contribution >= 0.6 is 22.7 Å². The Balaban J connectivity index is 1.88. The van der Waals surface area contributed by atoms with Gasteiger partial charge in [0.25, 0.3) is 0 Å². The Morgan fingerprint density at radius 2 is 1.67 bits per heavy atom. The van der Waals surface area contributed by atoms with E-state index >= 15 is 0 Å². The molecule has 1 aromatic carbocycles. The lowest BCUT2D eigenvalue weighted by atomic mass is 10.1. The number of sulfone groups is 1. The number of nitrogens with one attached hydrogen (secondary N) is 1. The lowest BCUT2D eigenvalue weighted by Crippen LogP contribution is -2.04. The van der Waals surface area contributed by atoms with E-state index in [1.165, 1.54) is 11.3 Å². The molecule has 3 heterocycles. The van der Waals surface area contributed by atoms with Crippen molar-refractivity contribution >= 4 is 32.5 Å². The maximum atomic E-state index is 13.2. The zero-order valence-corrected chi connectivity index (χ0v) is 16.8. The van der Waals surface area contributed by atoms with Gasteiger partial charge in [-0.1, -0.05) is 41.7 Å². The number of aromatic nitrogens is 1. The highest BCUT2D eigenvalue weighted by molar-refractivity contribution is 7.91. The predicted octanol–water partition coefficient (Wildman–Crippen LogP) is 5.35. The first-order valence-corrected chi connectivity index (χ1v) is 11.4. The topological polar surface area (TPSA) is 49.9 Å². The Hall–Kier alpha value is -2.59. The highest BCUT2D eigenvalue weighted by Gasteiger charge is 2.26. The summed E-state index contributed by atoms with van der Waals surface area (Å²) in [6.45, 7) is 1.93. The van der Waals surface area contributed by atoms with Crippen LogP contribution in [0, 0.1) is 18.8 Å². The minimum Gasteiger partial charge on any atom is -0.350 e. The van der Waals surface area contributed by atoms with Crippen LogP contribution in [0.3, 0.4) is 0 Å². The van der Waals surface area contributed by atoms with E-state index < -0.39 is 9.84 Å². The van der Waals surface area contributed by atoms with Gasteiger partial charge in [0.1, 0.15) is 5.03 Å². The van der Waals surface area contributed by atoms with Crippen LogP contribution in [-0.4, -0.2) is 13.4 Å². The highest BCUT2D eigenvalue weighted by atomic mass is 32.2. The molecule has 0 saturated heterocycles. The predicted molar refractivity (Wildman–Crippen MR) is 111 cm³/mol. The summed E-state index contributed by atoms with van der Waals surface area (Å²) < 4.78 is 26.5. The molecule has 0 amide bonds. The summed E-state index contributed by atoms with van der Waals surface area (Å²) in [6.07, 6.45) is 1.68. The molecule has 0 saturated carbocycles. The first-order chi connectivity index (χ1) is 13.1. The Morgan fingerprint density at radius 3 is 2.33 bits per heavy atom. The molecule has 134 valence electrons. The van der Waals surface area contributed by atoms with E-state index in [4.69, 9.17) is 0 Å². The maximum Gasteiger partial charge on any atom is 0.222 e.